The lowest BCUT2D eigenvalue weighted by molar-refractivity contribution is 0.354. The minimum Gasteiger partial charge on any atom is -0.493 e. The van der Waals surface area contributed by atoms with E-state index in [4.69, 9.17) is 9.47 Å². The Morgan fingerprint density at radius 1 is 1.12 bits per heavy atom. The molecule has 87 valence electrons. The summed E-state index contributed by atoms with van der Waals surface area (Å²) in [5.41, 5.74) is 2.41. The molecular weight excluding hydrogens is 214 g/mol. The van der Waals surface area contributed by atoms with E-state index in [1.54, 1.807) is 14.2 Å². The summed E-state index contributed by atoms with van der Waals surface area (Å²) in [6.45, 7) is 0. The topological polar surface area (TPSA) is 30.8 Å². The lowest BCUT2D eigenvalue weighted by Crippen LogP contribution is -2.23. The second-order valence-electron chi connectivity index (χ2n) is 4.13. The van der Waals surface area contributed by atoms with Crippen molar-refractivity contribution in [3.05, 3.63) is 40.9 Å². The molecule has 17 heavy (non-hydrogen) atoms. The number of benzene rings is 1. The van der Waals surface area contributed by atoms with Gasteiger partial charge in [-0.05, 0) is 30.9 Å². The fourth-order valence-corrected chi connectivity index (χ4v) is 2.34. The maximum atomic E-state index is 5.33. The molecule has 1 aliphatic carbocycles. The van der Waals surface area contributed by atoms with E-state index in [-0.39, 0.29) is 0 Å². The van der Waals surface area contributed by atoms with Crippen molar-refractivity contribution >= 4 is 5.57 Å². The molecule has 0 saturated heterocycles. The van der Waals surface area contributed by atoms with Crippen LogP contribution in [-0.4, -0.2) is 14.2 Å². The molecule has 0 aromatic heterocycles. The van der Waals surface area contributed by atoms with E-state index in [1.165, 1.54) is 10.8 Å². The van der Waals surface area contributed by atoms with E-state index in [9.17, 15) is 0 Å². The monoisotopic (exact) mass is 228 g/mol. The van der Waals surface area contributed by atoms with E-state index in [2.05, 4.69) is 17.5 Å². The molecule has 0 saturated carbocycles. The van der Waals surface area contributed by atoms with Gasteiger partial charge in [-0.15, -0.1) is 0 Å². The third-order valence-corrected chi connectivity index (χ3v) is 3.20. The molecule has 0 N–H and O–H groups in total. The molecule has 2 aliphatic rings. The number of methoxy groups -OCH3 is 2. The maximum absolute atomic E-state index is 5.33. The molecule has 0 bridgehead atoms. The highest BCUT2D eigenvalue weighted by molar-refractivity contribution is 5.69. The first-order valence-electron chi connectivity index (χ1n) is 5.69. The number of rotatable bonds is 2. The second-order valence-corrected chi connectivity index (χ2v) is 4.13. The summed E-state index contributed by atoms with van der Waals surface area (Å²) in [7, 11) is 3.30. The predicted molar refractivity (Wildman–Crippen MR) is 65.4 cm³/mol. The van der Waals surface area contributed by atoms with E-state index in [0.717, 1.165) is 35.4 Å². The van der Waals surface area contributed by atoms with Crippen LogP contribution < -0.4 is 20.0 Å². The Morgan fingerprint density at radius 2 is 1.88 bits per heavy atom. The molecule has 0 spiro atoms. The van der Waals surface area contributed by atoms with Crippen molar-refractivity contribution < 1.29 is 9.47 Å². The summed E-state index contributed by atoms with van der Waals surface area (Å²) in [5.74, 6) is 1.50. The molecule has 3 rings (SSSR count). The van der Waals surface area contributed by atoms with Gasteiger partial charge in [0.1, 0.15) is 0 Å². The zero-order valence-electron chi connectivity index (χ0n) is 9.99. The van der Waals surface area contributed by atoms with Crippen molar-refractivity contribution in [2.24, 2.45) is 4.99 Å². The summed E-state index contributed by atoms with van der Waals surface area (Å²) in [6, 6.07) is 3.97. The lowest BCUT2D eigenvalue weighted by atomic mass is 9.98. The zero-order valence-corrected chi connectivity index (χ0v) is 9.99. The van der Waals surface area contributed by atoms with E-state index >= 15 is 0 Å². The van der Waals surface area contributed by atoms with Crippen LogP contribution in [0.25, 0.3) is 5.57 Å². The Kier molecular flexibility index (Phi) is 2.39. The highest BCUT2D eigenvalue weighted by Crippen LogP contribution is 2.28. The Labute approximate surface area is 100 Å². The van der Waals surface area contributed by atoms with Crippen LogP contribution in [0.5, 0.6) is 11.5 Å². The smallest absolute Gasteiger partial charge is 0.162 e. The maximum Gasteiger partial charge on any atom is 0.162 e. The van der Waals surface area contributed by atoms with Crippen LogP contribution in [0, 0.1) is 6.42 Å². The quantitative estimate of drug-likeness (QED) is 0.765. The number of hydrogen-bond acceptors (Lipinski definition) is 3. The van der Waals surface area contributed by atoms with Gasteiger partial charge in [0.15, 0.2) is 11.5 Å². The van der Waals surface area contributed by atoms with Crippen LogP contribution in [0.2, 0.25) is 0 Å². The standard InChI is InChI=1S/C14H14NO2/c1-16-13-7-10-9-5-3-4-6-11(9)15-12(10)8-14(13)17-2/h3,6-8H,4-5H2,1-2H3. The average Bonchev–Trinajstić information content (AvgIpc) is 2.74. The van der Waals surface area contributed by atoms with Crippen LogP contribution in [0.15, 0.2) is 28.9 Å². The van der Waals surface area contributed by atoms with E-state index < -0.39 is 0 Å². The Morgan fingerprint density at radius 3 is 2.65 bits per heavy atom. The summed E-state index contributed by atoms with van der Waals surface area (Å²) < 4.78 is 10.6. The fourth-order valence-electron chi connectivity index (χ4n) is 2.34. The average molecular weight is 228 g/mol. The van der Waals surface area contributed by atoms with Gasteiger partial charge in [0.2, 0.25) is 0 Å². The predicted octanol–water partition coefficient (Wildman–Crippen LogP) is 1.37. The number of hydrogen-bond donors (Lipinski definition) is 0. The molecule has 0 fully saturated rings. The minimum absolute atomic E-state index is 0.735. The van der Waals surface area contributed by atoms with E-state index in [1.807, 2.05) is 12.1 Å². The molecule has 3 heteroatoms. The summed E-state index contributed by atoms with van der Waals surface area (Å²) in [4.78, 5) is 4.63. The van der Waals surface area contributed by atoms with Gasteiger partial charge in [0.05, 0.1) is 25.3 Å². The van der Waals surface area contributed by atoms with Crippen molar-refractivity contribution in [2.75, 3.05) is 14.2 Å². The Bertz CT molecular complexity index is 614. The lowest BCUT2D eigenvalue weighted by Gasteiger charge is -2.09. The third kappa shape index (κ3) is 1.54. The van der Waals surface area contributed by atoms with Gasteiger partial charge in [-0.2, -0.15) is 0 Å². The summed E-state index contributed by atoms with van der Waals surface area (Å²) in [6.07, 6.45) is 6.42. The first-order chi connectivity index (χ1) is 8.33. The minimum atomic E-state index is 0.735. The van der Waals surface area contributed by atoms with Crippen molar-refractivity contribution in [2.45, 2.75) is 12.8 Å². The largest absolute Gasteiger partial charge is 0.493 e. The third-order valence-electron chi connectivity index (χ3n) is 3.20. The van der Waals surface area contributed by atoms with Gasteiger partial charge >= 0.3 is 0 Å². The van der Waals surface area contributed by atoms with Gasteiger partial charge < -0.3 is 9.47 Å². The van der Waals surface area contributed by atoms with Crippen molar-refractivity contribution in [3.8, 4) is 11.5 Å². The van der Waals surface area contributed by atoms with Gasteiger partial charge in [-0.25, -0.2) is 4.99 Å². The molecule has 1 aromatic rings. The van der Waals surface area contributed by atoms with Gasteiger partial charge in [0.25, 0.3) is 0 Å². The molecule has 0 amide bonds. The van der Waals surface area contributed by atoms with Crippen molar-refractivity contribution in [1.29, 1.82) is 0 Å². The number of ether oxygens (including phenoxy) is 2. The molecule has 1 aromatic carbocycles. The molecule has 0 atom stereocenters. The normalized spacial score (nSPS) is 16.8. The molecule has 1 aliphatic heterocycles. The van der Waals surface area contributed by atoms with Crippen molar-refractivity contribution in [3.63, 3.8) is 0 Å². The van der Waals surface area contributed by atoms with Crippen LogP contribution in [0.1, 0.15) is 12.8 Å². The van der Waals surface area contributed by atoms with Gasteiger partial charge in [-0.3, -0.25) is 0 Å². The van der Waals surface area contributed by atoms with Crippen LogP contribution in [-0.2, 0) is 0 Å². The molecule has 0 unspecified atom stereocenters. The van der Waals surface area contributed by atoms with Gasteiger partial charge in [-0.1, -0.05) is 6.08 Å². The van der Waals surface area contributed by atoms with Crippen molar-refractivity contribution in [1.82, 2.24) is 0 Å². The van der Waals surface area contributed by atoms with Crippen LogP contribution >= 0.6 is 0 Å². The zero-order chi connectivity index (χ0) is 11.8. The highest BCUT2D eigenvalue weighted by atomic mass is 16.5. The summed E-state index contributed by atoms with van der Waals surface area (Å²) in [5, 5.41) is 2.16. The molecule has 3 nitrogen and oxygen atoms in total. The fraction of sp³-hybridized carbons (Fsp3) is 0.286. The van der Waals surface area contributed by atoms with Gasteiger partial charge in [0, 0.05) is 11.3 Å². The molecule has 1 heterocycles. The summed E-state index contributed by atoms with van der Waals surface area (Å²) >= 11 is 0. The second kappa shape index (κ2) is 3.91. The first kappa shape index (κ1) is 10.4. The van der Waals surface area contributed by atoms with Crippen LogP contribution in [0.4, 0.5) is 0 Å². The molecular formula is C14H14NO2. The van der Waals surface area contributed by atoms with E-state index in [0.29, 0.717) is 0 Å². The number of allylic oxidation sites excluding steroid dienone is 2. The first-order valence-corrected chi connectivity index (χ1v) is 5.69. The number of fused-ring (bicyclic) bond motifs is 2. The Hall–Kier alpha value is -1.77. The molecule has 1 radical (unpaired) electrons. The Balaban J connectivity index is 2.31. The SMILES string of the molecule is COc1cc2c(cc1OC)=C1C[CH]CC=C1N=2. The number of nitrogens with zero attached hydrogens (tertiary/aromatic N) is 1. The highest BCUT2D eigenvalue weighted by Gasteiger charge is 2.17. The van der Waals surface area contributed by atoms with Crippen LogP contribution in [0.3, 0.4) is 0 Å².